The zero-order chi connectivity index (χ0) is 16.8. The van der Waals surface area contributed by atoms with Crippen LogP contribution in [0.2, 0.25) is 0 Å². The molecule has 6 nitrogen and oxygen atoms in total. The molecule has 1 aromatic heterocycles. The van der Waals surface area contributed by atoms with Crippen molar-refractivity contribution in [3.63, 3.8) is 0 Å². The van der Waals surface area contributed by atoms with Gasteiger partial charge in [0, 0.05) is 23.5 Å². The summed E-state index contributed by atoms with van der Waals surface area (Å²) >= 11 is 6.86. The summed E-state index contributed by atoms with van der Waals surface area (Å²) in [6.45, 7) is 1.45. The van der Waals surface area contributed by atoms with Gasteiger partial charge in [0.25, 0.3) is 5.91 Å². The summed E-state index contributed by atoms with van der Waals surface area (Å²) in [5, 5.41) is 11.1. The summed E-state index contributed by atoms with van der Waals surface area (Å²) in [6, 6.07) is 8.85. The first kappa shape index (κ1) is 17.1. The van der Waals surface area contributed by atoms with Gasteiger partial charge >= 0.3 is 0 Å². The molecule has 0 aliphatic rings. The molecule has 2 rings (SSSR count). The topological polar surface area (TPSA) is 95.7 Å². The Kier molecular flexibility index (Phi) is 5.79. The Labute approximate surface area is 142 Å². The maximum atomic E-state index is 12.4. The Morgan fingerprint density at radius 3 is 2.87 bits per heavy atom. The number of anilines is 1. The highest BCUT2D eigenvalue weighted by atomic mass is 35.5. The van der Waals surface area contributed by atoms with E-state index in [1.54, 1.807) is 24.3 Å². The van der Waals surface area contributed by atoms with Crippen molar-refractivity contribution in [2.45, 2.75) is 25.1 Å². The first-order valence-electron chi connectivity index (χ1n) is 6.74. The van der Waals surface area contributed by atoms with Gasteiger partial charge in [-0.05, 0) is 18.6 Å². The zero-order valence-electron chi connectivity index (χ0n) is 12.2. The van der Waals surface area contributed by atoms with Crippen LogP contribution in [0.5, 0.6) is 0 Å². The molecule has 23 heavy (non-hydrogen) atoms. The van der Waals surface area contributed by atoms with Crippen LogP contribution in [-0.4, -0.2) is 26.4 Å². The second-order valence-corrected chi connectivity index (χ2v) is 6.09. The quantitative estimate of drug-likeness (QED) is 0.809. The molecule has 1 aromatic carbocycles. The number of ketones is 1. The van der Waals surface area contributed by atoms with E-state index in [9.17, 15) is 9.59 Å². The van der Waals surface area contributed by atoms with Gasteiger partial charge in [0.1, 0.15) is 11.2 Å². The lowest BCUT2D eigenvalue weighted by Crippen LogP contribution is -2.15. The highest BCUT2D eigenvalue weighted by Crippen LogP contribution is 2.17. The van der Waals surface area contributed by atoms with E-state index in [0.717, 1.165) is 11.5 Å². The lowest BCUT2D eigenvalue weighted by atomic mass is 10.0. The van der Waals surface area contributed by atoms with E-state index < -0.39 is 5.38 Å². The number of nitrogens with one attached hydrogen (secondary N) is 1. The second-order valence-electron chi connectivity index (χ2n) is 4.81. The number of rotatable bonds is 6. The van der Waals surface area contributed by atoms with Crippen molar-refractivity contribution in [3.05, 3.63) is 41.2 Å². The van der Waals surface area contributed by atoms with Gasteiger partial charge < -0.3 is 0 Å². The predicted octanol–water partition coefficient (Wildman–Crippen LogP) is 2.60. The van der Waals surface area contributed by atoms with Gasteiger partial charge in [-0.1, -0.05) is 18.2 Å². The minimum absolute atomic E-state index is 0.0457. The molecular formula is C15H13ClN4O2S. The van der Waals surface area contributed by atoms with Crippen molar-refractivity contribution in [1.29, 1.82) is 5.26 Å². The minimum atomic E-state index is -0.701. The van der Waals surface area contributed by atoms with Gasteiger partial charge in [0.15, 0.2) is 5.82 Å². The van der Waals surface area contributed by atoms with Crippen molar-refractivity contribution in [2.24, 2.45) is 0 Å². The lowest BCUT2D eigenvalue weighted by Gasteiger charge is -2.08. The van der Waals surface area contributed by atoms with Crippen molar-refractivity contribution in [3.8, 4) is 6.07 Å². The maximum Gasteiger partial charge on any atom is 0.257 e. The highest BCUT2D eigenvalue weighted by molar-refractivity contribution is 7.09. The van der Waals surface area contributed by atoms with Crippen LogP contribution in [0.3, 0.4) is 0 Å². The van der Waals surface area contributed by atoms with Crippen LogP contribution in [-0.2, 0) is 17.6 Å². The Morgan fingerprint density at radius 2 is 2.17 bits per heavy atom. The fraction of sp³-hybridized carbons (Fsp3) is 0.267. The number of hydrogen-bond acceptors (Lipinski definition) is 6. The number of nitriles is 1. The molecule has 0 bridgehead atoms. The van der Waals surface area contributed by atoms with Crippen LogP contribution in [0.25, 0.3) is 0 Å². The third-order valence-corrected chi connectivity index (χ3v) is 3.82. The summed E-state index contributed by atoms with van der Waals surface area (Å²) in [6.07, 6.45) is 0.409. The number of carbonyl (C=O) groups is 2. The molecule has 0 radical (unpaired) electrons. The largest absolute Gasteiger partial charge is 0.300 e. The first-order chi connectivity index (χ1) is 11.0. The number of aromatic nitrogens is 2. The number of Topliss-reactive ketones (excluding diaryl/α,β-unsaturated/α-hetero) is 1. The smallest absolute Gasteiger partial charge is 0.257 e. The Balaban J connectivity index is 2.13. The molecule has 1 atom stereocenters. The summed E-state index contributed by atoms with van der Waals surface area (Å²) in [4.78, 5) is 27.5. The monoisotopic (exact) mass is 348 g/mol. The lowest BCUT2D eigenvalue weighted by molar-refractivity contribution is -0.116. The average Bonchev–Trinajstić information content (AvgIpc) is 2.93. The van der Waals surface area contributed by atoms with Gasteiger partial charge in [-0.2, -0.15) is 9.64 Å². The number of halogens is 1. The molecule has 0 saturated carbocycles. The Hall–Kier alpha value is -2.30. The molecule has 1 N–H and O–H groups in total. The molecule has 8 heteroatoms. The number of hydrogen-bond donors (Lipinski definition) is 1. The third kappa shape index (κ3) is 4.84. The molecule has 0 aliphatic heterocycles. The van der Waals surface area contributed by atoms with Crippen LogP contribution in [0, 0.1) is 11.3 Å². The molecule has 2 aromatic rings. The summed E-state index contributed by atoms with van der Waals surface area (Å²) in [7, 11) is 0. The molecule has 0 spiro atoms. The summed E-state index contributed by atoms with van der Waals surface area (Å²) in [5.74, 6) is -0.0139. The SMILES string of the molecule is CC(=O)Cc1nsc(NC(=O)c2ccccc2CC(Cl)C#N)n1. The van der Waals surface area contributed by atoms with Crippen LogP contribution in [0.4, 0.5) is 5.13 Å². The van der Waals surface area contributed by atoms with E-state index in [1.807, 2.05) is 6.07 Å². The average molecular weight is 349 g/mol. The molecule has 0 fully saturated rings. The third-order valence-electron chi connectivity index (χ3n) is 2.90. The minimum Gasteiger partial charge on any atom is -0.300 e. The van der Waals surface area contributed by atoms with Gasteiger partial charge in [-0.15, -0.1) is 11.6 Å². The van der Waals surface area contributed by atoms with Crippen LogP contribution >= 0.6 is 23.1 Å². The van der Waals surface area contributed by atoms with Crippen LogP contribution in [0.1, 0.15) is 28.7 Å². The zero-order valence-corrected chi connectivity index (χ0v) is 13.8. The number of amides is 1. The van der Waals surface area contributed by atoms with E-state index in [2.05, 4.69) is 14.7 Å². The molecule has 1 unspecified atom stereocenters. The maximum absolute atomic E-state index is 12.4. The number of carbonyl (C=O) groups excluding carboxylic acids is 2. The molecular weight excluding hydrogens is 336 g/mol. The fourth-order valence-electron chi connectivity index (χ4n) is 1.92. The van der Waals surface area contributed by atoms with Crippen LogP contribution in [0.15, 0.2) is 24.3 Å². The van der Waals surface area contributed by atoms with Gasteiger partial charge in [-0.25, -0.2) is 4.98 Å². The first-order valence-corrected chi connectivity index (χ1v) is 7.95. The van der Waals surface area contributed by atoms with Crippen molar-refractivity contribution in [2.75, 3.05) is 5.32 Å². The number of alkyl halides is 1. The Bertz CT molecular complexity index is 769. The van der Waals surface area contributed by atoms with E-state index in [-0.39, 0.29) is 24.5 Å². The molecule has 0 aliphatic carbocycles. The van der Waals surface area contributed by atoms with E-state index in [1.165, 1.54) is 6.92 Å². The van der Waals surface area contributed by atoms with Crippen molar-refractivity contribution >= 4 is 40.0 Å². The van der Waals surface area contributed by atoms with Gasteiger partial charge in [0.05, 0.1) is 12.5 Å². The van der Waals surface area contributed by atoms with E-state index >= 15 is 0 Å². The molecule has 1 heterocycles. The van der Waals surface area contributed by atoms with Crippen molar-refractivity contribution < 1.29 is 9.59 Å². The Morgan fingerprint density at radius 1 is 1.43 bits per heavy atom. The normalized spacial score (nSPS) is 11.5. The standard InChI is InChI=1S/C15H13ClN4O2S/c1-9(21)6-13-18-15(23-20-13)19-14(22)12-5-3-2-4-10(12)7-11(16)8-17/h2-5,11H,6-7H2,1H3,(H,18,19,20,22). The predicted molar refractivity (Wildman–Crippen MR) is 87.6 cm³/mol. The summed E-state index contributed by atoms with van der Waals surface area (Å²) < 4.78 is 4.02. The molecule has 1 amide bonds. The second kappa shape index (κ2) is 7.81. The highest BCUT2D eigenvalue weighted by Gasteiger charge is 2.16. The van der Waals surface area contributed by atoms with E-state index in [0.29, 0.717) is 22.1 Å². The van der Waals surface area contributed by atoms with Gasteiger partial charge in [-0.3, -0.25) is 14.9 Å². The van der Waals surface area contributed by atoms with Gasteiger partial charge in [0.2, 0.25) is 5.13 Å². The van der Waals surface area contributed by atoms with E-state index in [4.69, 9.17) is 16.9 Å². The summed E-state index contributed by atoms with van der Waals surface area (Å²) in [5.41, 5.74) is 1.11. The van der Waals surface area contributed by atoms with Crippen LogP contribution < -0.4 is 5.32 Å². The molecule has 118 valence electrons. The number of nitrogens with zero attached hydrogens (tertiary/aromatic N) is 3. The fourth-order valence-corrected chi connectivity index (χ4v) is 2.67. The van der Waals surface area contributed by atoms with Crippen molar-refractivity contribution in [1.82, 2.24) is 9.36 Å². The number of benzene rings is 1. The molecule has 0 saturated heterocycles.